The monoisotopic (exact) mass is 833 g/mol. The predicted octanol–water partition coefficient (Wildman–Crippen LogP) is 14.3. The van der Waals surface area contributed by atoms with Crippen LogP contribution >= 0.6 is 0 Å². The van der Waals surface area contributed by atoms with Gasteiger partial charge in [0.15, 0.2) is 0 Å². The van der Waals surface area contributed by atoms with Crippen molar-refractivity contribution in [2.75, 3.05) is 12.0 Å². The normalized spacial score (nSPS) is 11.5. The van der Waals surface area contributed by atoms with E-state index in [9.17, 15) is 9.59 Å². The summed E-state index contributed by atoms with van der Waals surface area (Å²) in [6.45, 7) is 3.36. The summed E-state index contributed by atoms with van der Waals surface area (Å²) in [7, 11) is 1.65. The van der Waals surface area contributed by atoms with Crippen LogP contribution < -0.4 is 14.4 Å². The first-order chi connectivity index (χ1) is 30.9. The van der Waals surface area contributed by atoms with Gasteiger partial charge in [0.25, 0.3) is 6.29 Å². The van der Waals surface area contributed by atoms with Crippen LogP contribution in [0.3, 0.4) is 0 Å². The molecule has 63 heavy (non-hydrogen) atoms. The summed E-state index contributed by atoms with van der Waals surface area (Å²) in [6, 6.07) is 63.7. The lowest BCUT2D eigenvalue weighted by Crippen LogP contribution is -2.25. The van der Waals surface area contributed by atoms with Gasteiger partial charge in [-0.15, -0.1) is 0 Å². The number of ether oxygens (including phenoxy) is 4. The molecule has 0 N–H and O–H groups in total. The van der Waals surface area contributed by atoms with Crippen molar-refractivity contribution in [2.24, 2.45) is 0 Å². The van der Waals surface area contributed by atoms with Crippen molar-refractivity contribution in [1.29, 1.82) is 0 Å². The molecule has 7 nitrogen and oxygen atoms in total. The van der Waals surface area contributed by atoms with Gasteiger partial charge in [-0.25, -0.2) is 4.79 Å². The second kappa shape index (κ2) is 21.7. The van der Waals surface area contributed by atoms with E-state index in [1.54, 1.807) is 19.2 Å². The first-order valence-electron chi connectivity index (χ1n) is 21.3. The van der Waals surface area contributed by atoms with E-state index in [0.29, 0.717) is 12.2 Å². The van der Waals surface area contributed by atoms with Gasteiger partial charge in [-0.2, -0.15) is 0 Å². The number of benzene rings is 7. The SMILES string of the molecule is CCCCCC(OC(C)=O)OC(=O)Oc1ccc(C(=Cc2ccc(N(c3ccccc3)c3ccc(C=C(c4ccccc4)c4ccccc4)cc3)cc2)c2ccc(OC)cc2)cc1. The number of para-hydroxylation sites is 1. The van der Waals surface area contributed by atoms with Crippen LogP contribution in [0.15, 0.2) is 188 Å². The van der Waals surface area contributed by atoms with Crippen molar-refractivity contribution >= 4 is 52.5 Å². The van der Waals surface area contributed by atoms with Crippen molar-refractivity contribution < 1.29 is 28.5 Å². The largest absolute Gasteiger partial charge is 0.516 e. The van der Waals surface area contributed by atoms with Crippen LogP contribution in [0.2, 0.25) is 0 Å². The quantitative estimate of drug-likeness (QED) is 0.0297. The number of hydrogen-bond acceptors (Lipinski definition) is 7. The van der Waals surface area contributed by atoms with Crippen LogP contribution in [0, 0.1) is 0 Å². The molecular formula is C56H51NO6. The number of methoxy groups -OCH3 is 1. The van der Waals surface area contributed by atoms with E-state index < -0.39 is 18.4 Å². The highest BCUT2D eigenvalue weighted by atomic mass is 16.8. The van der Waals surface area contributed by atoms with E-state index in [1.165, 1.54) is 6.92 Å². The Hall–Kier alpha value is -7.64. The fourth-order valence-corrected chi connectivity index (χ4v) is 7.29. The Morgan fingerprint density at radius 1 is 0.508 bits per heavy atom. The molecule has 316 valence electrons. The van der Waals surface area contributed by atoms with Gasteiger partial charge in [0, 0.05) is 30.4 Å². The third-order valence-corrected chi connectivity index (χ3v) is 10.4. The first-order valence-corrected chi connectivity index (χ1v) is 21.3. The number of anilines is 3. The zero-order chi connectivity index (χ0) is 43.8. The third-order valence-electron chi connectivity index (χ3n) is 10.4. The van der Waals surface area contributed by atoms with Crippen molar-refractivity contribution in [3.8, 4) is 11.5 Å². The maximum absolute atomic E-state index is 12.7. The Morgan fingerprint density at radius 3 is 1.38 bits per heavy atom. The molecule has 7 aromatic rings. The molecule has 0 radical (unpaired) electrons. The Kier molecular flexibility index (Phi) is 15.0. The molecule has 0 bridgehead atoms. The maximum atomic E-state index is 12.7. The predicted molar refractivity (Wildman–Crippen MR) is 254 cm³/mol. The molecule has 0 spiro atoms. The van der Waals surface area contributed by atoms with E-state index in [4.69, 9.17) is 18.9 Å². The minimum absolute atomic E-state index is 0.301. The minimum Gasteiger partial charge on any atom is -0.497 e. The van der Waals surface area contributed by atoms with E-state index in [2.05, 4.69) is 145 Å². The van der Waals surface area contributed by atoms with Gasteiger partial charge in [-0.3, -0.25) is 4.79 Å². The van der Waals surface area contributed by atoms with Crippen LogP contribution in [0.4, 0.5) is 21.9 Å². The van der Waals surface area contributed by atoms with Gasteiger partial charge in [-0.1, -0.05) is 147 Å². The molecule has 0 aromatic heterocycles. The zero-order valence-electron chi connectivity index (χ0n) is 35.9. The average molecular weight is 834 g/mol. The molecular weight excluding hydrogens is 783 g/mol. The van der Waals surface area contributed by atoms with Gasteiger partial charge in [0.2, 0.25) is 0 Å². The smallest absolute Gasteiger partial charge is 0.497 e. The topological polar surface area (TPSA) is 74.3 Å². The van der Waals surface area contributed by atoms with Crippen molar-refractivity contribution in [2.45, 2.75) is 45.8 Å². The highest BCUT2D eigenvalue weighted by Crippen LogP contribution is 2.36. The van der Waals surface area contributed by atoms with Gasteiger partial charge < -0.3 is 23.8 Å². The Labute approximate surface area is 370 Å². The van der Waals surface area contributed by atoms with Gasteiger partial charge in [0.1, 0.15) is 11.5 Å². The van der Waals surface area contributed by atoms with Crippen molar-refractivity contribution in [1.82, 2.24) is 0 Å². The molecule has 0 fully saturated rings. The van der Waals surface area contributed by atoms with Gasteiger partial charge >= 0.3 is 12.1 Å². The maximum Gasteiger partial charge on any atom is 0.516 e. The molecule has 0 aliphatic rings. The van der Waals surface area contributed by atoms with Crippen LogP contribution in [0.25, 0.3) is 23.3 Å². The van der Waals surface area contributed by atoms with E-state index in [1.807, 2.05) is 54.6 Å². The van der Waals surface area contributed by atoms with Crippen LogP contribution in [-0.2, 0) is 14.3 Å². The first kappa shape index (κ1) is 43.4. The molecule has 0 saturated heterocycles. The average Bonchev–Trinajstić information content (AvgIpc) is 3.32. The Balaban J connectivity index is 1.15. The third kappa shape index (κ3) is 12.0. The number of carbonyl (C=O) groups is 2. The van der Waals surface area contributed by atoms with E-state index in [-0.39, 0.29) is 0 Å². The molecule has 7 rings (SSSR count). The summed E-state index contributed by atoms with van der Waals surface area (Å²) < 4.78 is 21.5. The Morgan fingerprint density at radius 2 is 0.937 bits per heavy atom. The molecule has 0 aliphatic carbocycles. The summed E-state index contributed by atoms with van der Waals surface area (Å²) in [5.74, 6) is 0.532. The van der Waals surface area contributed by atoms with E-state index in [0.717, 1.165) is 86.6 Å². The summed E-state index contributed by atoms with van der Waals surface area (Å²) in [4.78, 5) is 26.6. The molecule has 0 saturated carbocycles. The highest BCUT2D eigenvalue weighted by Gasteiger charge is 2.19. The van der Waals surface area contributed by atoms with Crippen LogP contribution in [0.1, 0.15) is 72.9 Å². The van der Waals surface area contributed by atoms with E-state index >= 15 is 0 Å². The fourth-order valence-electron chi connectivity index (χ4n) is 7.29. The lowest BCUT2D eigenvalue weighted by atomic mass is 9.95. The fraction of sp³-hybridized carbons (Fsp3) is 0.143. The zero-order valence-corrected chi connectivity index (χ0v) is 35.9. The van der Waals surface area contributed by atoms with Gasteiger partial charge in [0.05, 0.1) is 7.11 Å². The number of rotatable bonds is 17. The second-order valence-electron chi connectivity index (χ2n) is 15.0. The molecule has 7 heteroatoms. The molecule has 0 aliphatic heterocycles. The lowest BCUT2D eigenvalue weighted by Gasteiger charge is -2.25. The summed E-state index contributed by atoms with van der Waals surface area (Å²) in [5, 5.41) is 0. The summed E-state index contributed by atoms with van der Waals surface area (Å²) in [6.07, 6.45) is 5.51. The molecule has 0 amide bonds. The number of esters is 1. The van der Waals surface area contributed by atoms with Crippen LogP contribution in [-0.4, -0.2) is 25.5 Å². The molecule has 7 aromatic carbocycles. The summed E-state index contributed by atoms with van der Waals surface area (Å²) in [5.41, 5.74) is 11.5. The summed E-state index contributed by atoms with van der Waals surface area (Å²) >= 11 is 0. The Bertz CT molecular complexity index is 2550. The number of nitrogens with zero attached hydrogens (tertiary/aromatic N) is 1. The standard InChI is InChI=1S/C56H51NO6/c1-4-5-9-22-55(61-41(2)58)63-56(59)62-52-37-29-47(30-38-52)54(46-27-35-51(60-3)36-28-46)40-43-25-33-50(34-26-43)57(48-20-14-8-15-21-48)49-31-23-42(24-32-49)39-53(44-16-10-6-11-17-44)45-18-12-7-13-19-45/h6-8,10-21,23-40,55H,4-5,9,22H2,1-3H3. The minimum atomic E-state index is -1.00. The van der Waals surface area contributed by atoms with Crippen molar-refractivity contribution in [3.05, 3.63) is 221 Å². The molecule has 1 unspecified atom stereocenters. The number of hydrogen-bond donors (Lipinski definition) is 0. The van der Waals surface area contributed by atoms with Gasteiger partial charge in [-0.05, 0) is 124 Å². The van der Waals surface area contributed by atoms with Crippen LogP contribution in [0.5, 0.6) is 11.5 Å². The molecule has 1 atom stereocenters. The second-order valence-corrected chi connectivity index (χ2v) is 15.0. The van der Waals surface area contributed by atoms with Crippen molar-refractivity contribution in [3.63, 3.8) is 0 Å². The lowest BCUT2D eigenvalue weighted by molar-refractivity contribution is -0.168. The highest BCUT2D eigenvalue weighted by molar-refractivity contribution is 5.93. The number of unbranched alkanes of at least 4 members (excludes halogenated alkanes) is 2. The molecule has 0 heterocycles. The number of carbonyl (C=O) groups excluding carboxylic acids is 2.